The molecule has 0 spiro atoms. The molecule has 0 aromatic rings. The Morgan fingerprint density at radius 2 is 2.22 bits per heavy atom. The van der Waals surface area contributed by atoms with Crippen molar-refractivity contribution in [1.82, 2.24) is 4.90 Å². The van der Waals surface area contributed by atoms with Crippen LogP contribution in [0.15, 0.2) is 0 Å². The molecule has 0 aromatic carbocycles. The van der Waals surface area contributed by atoms with Crippen LogP contribution in [0.4, 0.5) is 0 Å². The van der Waals surface area contributed by atoms with Crippen LogP contribution in [-0.4, -0.2) is 48.8 Å². The average molecular weight is 252 g/mol. The minimum absolute atomic E-state index is 0.0336. The first-order chi connectivity index (χ1) is 8.72. The first kappa shape index (κ1) is 13.3. The summed E-state index contributed by atoms with van der Waals surface area (Å²) in [6.07, 6.45) is 2.68. The number of amides is 1. The fraction of sp³-hybridized carbons (Fsp3) is 0.846. The number of hydrogen-bond donors (Lipinski definition) is 1. The van der Waals surface area contributed by atoms with E-state index < -0.39 is 5.41 Å². The van der Waals surface area contributed by atoms with Crippen LogP contribution in [0.1, 0.15) is 25.7 Å². The highest BCUT2D eigenvalue weighted by Crippen LogP contribution is 2.34. The standard InChI is InChI=1S/C13H20N2O3/c14-10-13(3-7-18-8-4-13)12(17)15-5-1-11(9-15)2-6-16/h11,16H,1-9H2. The molecule has 5 heteroatoms. The maximum absolute atomic E-state index is 12.5. The molecule has 0 bridgehead atoms. The second-order valence-electron chi connectivity index (χ2n) is 5.22. The second-order valence-corrected chi connectivity index (χ2v) is 5.22. The van der Waals surface area contributed by atoms with Gasteiger partial charge in [-0.3, -0.25) is 4.79 Å². The lowest BCUT2D eigenvalue weighted by atomic mass is 9.80. The lowest BCUT2D eigenvalue weighted by molar-refractivity contribution is -0.142. The molecule has 2 aliphatic rings. The molecule has 0 saturated carbocycles. The molecular formula is C13H20N2O3. The number of ether oxygens (including phenoxy) is 1. The summed E-state index contributed by atoms with van der Waals surface area (Å²) in [6, 6.07) is 2.22. The zero-order valence-corrected chi connectivity index (χ0v) is 10.6. The fourth-order valence-corrected chi connectivity index (χ4v) is 2.83. The van der Waals surface area contributed by atoms with Crippen molar-refractivity contribution in [3.05, 3.63) is 0 Å². The third-order valence-electron chi connectivity index (χ3n) is 4.08. The van der Waals surface area contributed by atoms with Crippen LogP contribution >= 0.6 is 0 Å². The summed E-state index contributed by atoms with van der Waals surface area (Å²) in [5, 5.41) is 18.3. The third kappa shape index (κ3) is 2.50. The van der Waals surface area contributed by atoms with Gasteiger partial charge in [0.15, 0.2) is 0 Å². The van der Waals surface area contributed by atoms with Crippen LogP contribution < -0.4 is 0 Å². The van der Waals surface area contributed by atoms with E-state index in [9.17, 15) is 10.1 Å². The van der Waals surface area contributed by atoms with Gasteiger partial charge in [-0.05, 0) is 31.6 Å². The first-order valence-corrected chi connectivity index (χ1v) is 6.61. The molecule has 100 valence electrons. The van der Waals surface area contributed by atoms with Crippen LogP contribution in [0, 0.1) is 22.7 Å². The predicted molar refractivity (Wildman–Crippen MR) is 64.5 cm³/mol. The van der Waals surface area contributed by atoms with E-state index in [0.717, 1.165) is 12.8 Å². The van der Waals surface area contributed by atoms with Gasteiger partial charge >= 0.3 is 0 Å². The average Bonchev–Trinajstić information content (AvgIpc) is 2.87. The van der Waals surface area contributed by atoms with Crippen LogP contribution in [0.2, 0.25) is 0 Å². The normalized spacial score (nSPS) is 26.9. The second kappa shape index (κ2) is 5.68. The molecule has 1 atom stereocenters. The van der Waals surface area contributed by atoms with E-state index in [1.807, 2.05) is 0 Å². The summed E-state index contributed by atoms with van der Waals surface area (Å²) in [6.45, 7) is 2.56. The SMILES string of the molecule is N#CC1(C(=O)N2CCC(CCO)C2)CCOCC1. The van der Waals surface area contributed by atoms with Crippen molar-refractivity contribution >= 4 is 5.91 Å². The summed E-state index contributed by atoms with van der Waals surface area (Å²) in [7, 11) is 0. The number of aliphatic hydroxyl groups is 1. The lowest BCUT2D eigenvalue weighted by Gasteiger charge is -2.33. The number of hydrogen-bond acceptors (Lipinski definition) is 4. The summed E-state index contributed by atoms with van der Waals surface area (Å²) >= 11 is 0. The summed E-state index contributed by atoms with van der Waals surface area (Å²) < 4.78 is 5.24. The predicted octanol–water partition coefficient (Wildman–Crippen LogP) is 0.538. The third-order valence-corrected chi connectivity index (χ3v) is 4.08. The summed E-state index contributed by atoms with van der Waals surface area (Å²) in [5.74, 6) is 0.350. The number of carbonyl (C=O) groups is 1. The van der Waals surface area contributed by atoms with Gasteiger partial charge < -0.3 is 14.7 Å². The zero-order valence-electron chi connectivity index (χ0n) is 10.6. The Morgan fingerprint density at radius 1 is 1.50 bits per heavy atom. The molecular weight excluding hydrogens is 232 g/mol. The Kier molecular flexibility index (Phi) is 4.20. The Bertz CT molecular complexity index is 345. The van der Waals surface area contributed by atoms with Crippen LogP contribution in [0.5, 0.6) is 0 Å². The highest BCUT2D eigenvalue weighted by molar-refractivity contribution is 5.85. The number of aliphatic hydroxyl groups excluding tert-OH is 1. The zero-order chi connectivity index (χ0) is 13.0. The van der Waals surface area contributed by atoms with Gasteiger partial charge in [-0.2, -0.15) is 5.26 Å². The maximum atomic E-state index is 12.5. The van der Waals surface area contributed by atoms with E-state index in [-0.39, 0.29) is 12.5 Å². The molecule has 0 radical (unpaired) electrons. The number of nitrogens with zero attached hydrogens (tertiary/aromatic N) is 2. The minimum atomic E-state index is -0.869. The van der Waals surface area contributed by atoms with Crippen molar-refractivity contribution in [2.24, 2.45) is 11.3 Å². The number of rotatable bonds is 3. The van der Waals surface area contributed by atoms with Gasteiger partial charge in [0.2, 0.25) is 5.91 Å². The van der Waals surface area contributed by atoms with Crippen LogP contribution in [0.3, 0.4) is 0 Å². The van der Waals surface area contributed by atoms with E-state index in [0.29, 0.717) is 45.1 Å². The van der Waals surface area contributed by atoms with Crippen molar-refractivity contribution in [2.75, 3.05) is 32.9 Å². The van der Waals surface area contributed by atoms with Crippen LogP contribution in [-0.2, 0) is 9.53 Å². The van der Waals surface area contributed by atoms with Gasteiger partial charge in [-0.25, -0.2) is 0 Å². The van der Waals surface area contributed by atoms with E-state index in [2.05, 4.69) is 6.07 Å². The van der Waals surface area contributed by atoms with E-state index in [1.54, 1.807) is 4.90 Å². The van der Waals surface area contributed by atoms with Gasteiger partial charge in [0.25, 0.3) is 0 Å². The van der Waals surface area contributed by atoms with Crippen molar-refractivity contribution in [1.29, 1.82) is 5.26 Å². The monoisotopic (exact) mass is 252 g/mol. The minimum Gasteiger partial charge on any atom is -0.396 e. The van der Waals surface area contributed by atoms with Gasteiger partial charge in [0.1, 0.15) is 5.41 Å². The number of likely N-dealkylation sites (tertiary alicyclic amines) is 1. The van der Waals surface area contributed by atoms with Gasteiger partial charge in [-0.1, -0.05) is 0 Å². The van der Waals surface area contributed by atoms with Crippen molar-refractivity contribution in [2.45, 2.75) is 25.7 Å². The molecule has 0 aromatic heterocycles. The van der Waals surface area contributed by atoms with Crippen molar-refractivity contribution in [3.8, 4) is 6.07 Å². The van der Waals surface area contributed by atoms with E-state index in [1.165, 1.54) is 0 Å². The smallest absolute Gasteiger partial charge is 0.243 e. The Balaban J connectivity index is 2.00. The molecule has 5 nitrogen and oxygen atoms in total. The molecule has 1 amide bonds. The van der Waals surface area contributed by atoms with Crippen molar-refractivity contribution < 1.29 is 14.6 Å². The first-order valence-electron chi connectivity index (χ1n) is 6.61. The Hall–Kier alpha value is -1.12. The summed E-state index contributed by atoms with van der Waals surface area (Å²) in [4.78, 5) is 14.3. The molecule has 2 fully saturated rings. The van der Waals surface area contributed by atoms with Gasteiger partial charge in [-0.15, -0.1) is 0 Å². The van der Waals surface area contributed by atoms with E-state index >= 15 is 0 Å². The van der Waals surface area contributed by atoms with Gasteiger partial charge in [0.05, 0.1) is 6.07 Å². The Morgan fingerprint density at radius 3 is 2.83 bits per heavy atom. The molecule has 2 heterocycles. The molecule has 18 heavy (non-hydrogen) atoms. The molecule has 2 rings (SSSR count). The highest BCUT2D eigenvalue weighted by Gasteiger charge is 2.44. The highest BCUT2D eigenvalue weighted by atomic mass is 16.5. The quantitative estimate of drug-likeness (QED) is 0.795. The van der Waals surface area contributed by atoms with Gasteiger partial charge in [0, 0.05) is 32.9 Å². The number of carbonyl (C=O) groups excluding carboxylic acids is 1. The molecule has 1 unspecified atom stereocenters. The van der Waals surface area contributed by atoms with Crippen molar-refractivity contribution in [3.63, 3.8) is 0 Å². The van der Waals surface area contributed by atoms with Crippen LogP contribution in [0.25, 0.3) is 0 Å². The fourth-order valence-electron chi connectivity index (χ4n) is 2.83. The molecule has 2 saturated heterocycles. The topological polar surface area (TPSA) is 73.6 Å². The number of nitriles is 1. The molecule has 0 aliphatic carbocycles. The largest absolute Gasteiger partial charge is 0.396 e. The lowest BCUT2D eigenvalue weighted by Crippen LogP contribution is -2.45. The van der Waals surface area contributed by atoms with E-state index in [4.69, 9.17) is 9.84 Å². The molecule has 2 aliphatic heterocycles. The molecule has 1 N–H and O–H groups in total. The summed E-state index contributed by atoms with van der Waals surface area (Å²) in [5.41, 5.74) is -0.869. The Labute approximate surface area is 107 Å². The maximum Gasteiger partial charge on any atom is 0.243 e.